The Bertz CT molecular complexity index is 170. The first-order chi connectivity index (χ1) is 8.33. The van der Waals surface area contributed by atoms with Crippen molar-refractivity contribution in [2.45, 2.75) is 63.9 Å². The summed E-state index contributed by atoms with van der Waals surface area (Å²) in [6.07, 6.45) is 10.5. The lowest BCUT2D eigenvalue weighted by molar-refractivity contribution is 0.141. The highest BCUT2D eigenvalue weighted by molar-refractivity contribution is 4.72. The summed E-state index contributed by atoms with van der Waals surface area (Å²) in [5, 5.41) is 21.8. The molecule has 1 aliphatic carbocycles. The summed E-state index contributed by atoms with van der Waals surface area (Å²) in [6, 6.07) is 0. The zero-order valence-corrected chi connectivity index (χ0v) is 11.0. The van der Waals surface area contributed by atoms with Crippen molar-refractivity contribution < 1.29 is 10.2 Å². The topological polar surface area (TPSA) is 52.5 Å². The minimum absolute atomic E-state index is 0.157. The molecule has 0 amide bonds. The normalized spacial score (nSPS) is 18.7. The second-order valence-corrected chi connectivity index (χ2v) is 5.38. The van der Waals surface area contributed by atoms with Gasteiger partial charge in [0.25, 0.3) is 0 Å². The lowest BCUT2D eigenvalue weighted by Crippen LogP contribution is -2.28. The first-order valence-corrected chi connectivity index (χ1v) is 7.32. The van der Waals surface area contributed by atoms with E-state index in [1.54, 1.807) is 0 Å². The molecule has 3 heteroatoms. The van der Waals surface area contributed by atoms with Crippen molar-refractivity contribution in [1.29, 1.82) is 0 Å². The molecule has 1 saturated carbocycles. The third kappa shape index (κ3) is 7.74. The Balaban J connectivity index is 1.84. The first-order valence-electron chi connectivity index (χ1n) is 7.32. The molecule has 17 heavy (non-hydrogen) atoms. The predicted octanol–water partition coefficient (Wildman–Crippen LogP) is 2.07. The standard InChI is InChI=1S/C14H29NO2/c16-10-6-2-1-5-9-15-12-14(17)11-13-7-3-4-8-13/h13-17H,1-12H2. The largest absolute Gasteiger partial charge is 0.396 e. The third-order valence-corrected chi connectivity index (χ3v) is 3.72. The van der Waals surface area contributed by atoms with Crippen LogP contribution in [0.2, 0.25) is 0 Å². The van der Waals surface area contributed by atoms with Gasteiger partial charge in [-0.05, 0) is 31.7 Å². The quantitative estimate of drug-likeness (QED) is 0.515. The Morgan fingerprint density at radius 3 is 2.47 bits per heavy atom. The fourth-order valence-corrected chi connectivity index (χ4v) is 2.70. The van der Waals surface area contributed by atoms with Gasteiger partial charge in [-0.25, -0.2) is 0 Å². The number of rotatable bonds is 10. The second kappa shape index (κ2) is 9.86. The molecule has 3 N–H and O–H groups in total. The fraction of sp³-hybridized carbons (Fsp3) is 1.00. The van der Waals surface area contributed by atoms with Gasteiger partial charge in [0, 0.05) is 13.2 Å². The molecule has 0 heterocycles. The fourth-order valence-electron chi connectivity index (χ4n) is 2.70. The molecule has 1 atom stereocenters. The molecular formula is C14H29NO2. The van der Waals surface area contributed by atoms with Gasteiger partial charge in [-0.3, -0.25) is 0 Å². The smallest absolute Gasteiger partial charge is 0.0667 e. The van der Waals surface area contributed by atoms with Gasteiger partial charge in [0.15, 0.2) is 0 Å². The van der Waals surface area contributed by atoms with Crippen molar-refractivity contribution >= 4 is 0 Å². The van der Waals surface area contributed by atoms with Crippen LogP contribution in [-0.2, 0) is 0 Å². The highest BCUT2D eigenvalue weighted by Gasteiger charge is 2.18. The Labute approximate surface area is 106 Å². The molecule has 0 aromatic carbocycles. The van der Waals surface area contributed by atoms with Gasteiger partial charge in [-0.15, -0.1) is 0 Å². The van der Waals surface area contributed by atoms with Crippen LogP contribution in [0, 0.1) is 5.92 Å². The van der Waals surface area contributed by atoms with E-state index >= 15 is 0 Å². The molecule has 0 aliphatic heterocycles. The van der Waals surface area contributed by atoms with E-state index < -0.39 is 0 Å². The molecule has 1 aliphatic rings. The molecule has 0 bridgehead atoms. The van der Waals surface area contributed by atoms with Gasteiger partial charge in [-0.2, -0.15) is 0 Å². The average molecular weight is 243 g/mol. The maximum atomic E-state index is 9.85. The van der Waals surface area contributed by atoms with E-state index in [1.165, 1.54) is 32.1 Å². The van der Waals surface area contributed by atoms with Crippen LogP contribution < -0.4 is 5.32 Å². The van der Waals surface area contributed by atoms with E-state index in [4.69, 9.17) is 5.11 Å². The maximum Gasteiger partial charge on any atom is 0.0667 e. The Morgan fingerprint density at radius 1 is 1.06 bits per heavy atom. The number of aliphatic hydroxyl groups is 2. The van der Waals surface area contributed by atoms with Crippen molar-refractivity contribution in [3.05, 3.63) is 0 Å². The van der Waals surface area contributed by atoms with Gasteiger partial charge in [0.2, 0.25) is 0 Å². The van der Waals surface area contributed by atoms with Gasteiger partial charge in [0.05, 0.1) is 6.10 Å². The minimum atomic E-state index is -0.157. The Hall–Kier alpha value is -0.120. The Morgan fingerprint density at radius 2 is 1.76 bits per heavy atom. The lowest BCUT2D eigenvalue weighted by atomic mass is 10.00. The summed E-state index contributed by atoms with van der Waals surface area (Å²) in [7, 11) is 0. The van der Waals surface area contributed by atoms with E-state index in [-0.39, 0.29) is 6.10 Å². The number of nitrogens with one attached hydrogen (secondary N) is 1. The van der Waals surface area contributed by atoms with Crippen molar-refractivity contribution in [3.63, 3.8) is 0 Å². The van der Waals surface area contributed by atoms with E-state index in [2.05, 4.69) is 5.32 Å². The molecule has 1 rings (SSSR count). The van der Waals surface area contributed by atoms with Crippen LogP contribution in [0.25, 0.3) is 0 Å². The maximum absolute atomic E-state index is 9.85. The second-order valence-electron chi connectivity index (χ2n) is 5.38. The van der Waals surface area contributed by atoms with E-state index in [1.807, 2.05) is 0 Å². The summed E-state index contributed by atoms with van der Waals surface area (Å²) in [5.41, 5.74) is 0. The lowest BCUT2D eigenvalue weighted by Gasteiger charge is -2.15. The number of hydrogen-bond acceptors (Lipinski definition) is 3. The average Bonchev–Trinajstić information content (AvgIpc) is 2.80. The summed E-state index contributed by atoms with van der Waals surface area (Å²) in [6.45, 7) is 2.05. The summed E-state index contributed by atoms with van der Waals surface area (Å²) >= 11 is 0. The number of aliphatic hydroxyl groups excluding tert-OH is 2. The third-order valence-electron chi connectivity index (χ3n) is 3.72. The Kier molecular flexibility index (Phi) is 8.67. The highest BCUT2D eigenvalue weighted by Crippen LogP contribution is 2.28. The van der Waals surface area contributed by atoms with Crippen LogP contribution >= 0.6 is 0 Å². The van der Waals surface area contributed by atoms with Gasteiger partial charge in [0.1, 0.15) is 0 Å². The van der Waals surface area contributed by atoms with Crippen LogP contribution in [0.3, 0.4) is 0 Å². The van der Waals surface area contributed by atoms with Crippen LogP contribution in [-0.4, -0.2) is 36.0 Å². The van der Waals surface area contributed by atoms with Crippen LogP contribution in [0.4, 0.5) is 0 Å². The zero-order chi connectivity index (χ0) is 12.3. The molecule has 0 aromatic rings. The summed E-state index contributed by atoms with van der Waals surface area (Å²) < 4.78 is 0. The van der Waals surface area contributed by atoms with Crippen molar-refractivity contribution in [1.82, 2.24) is 5.32 Å². The predicted molar refractivity (Wildman–Crippen MR) is 71.0 cm³/mol. The zero-order valence-electron chi connectivity index (χ0n) is 11.0. The monoisotopic (exact) mass is 243 g/mol. The van der Waals surface area contributed by atoms with Crippen molar-refractivity contribution in [2.24, 2.45) is 5.92 Å². The minimum Gasteiger partial charge on any atom is -0.396 e. The molecule has 0 spiro atoms. The van der Waals surface area contributed by atoms with E-state index in [9.17, 15) is 5.11 Å². The van der Waals surface area contributed by atoms with Gasteiger partial charge >= 0.3 is 0 Å². The SMILES string of the molecule is OCCCCCCNCC(O)CC1CCCC1. The molecule has 0 radical (unpaired) electrons. The van der Waals surface area contributed by atoms with Crippen LogP contribution in [0.1, 0.15) is 57.8 Å². The van der Waals surface area contributed by atoms with Crippen molar-refractivity contribution in [3.8, 4) is 0 Å². The van der Waals surface area contributed by atoms with Crippen LogP contribution in [0.15, 0.2) is 0 Å². The number of unbranched alkanes of at least 4 members (excludes halogenated alkanes) is 3. The highest BCUT2D eigenvalue weighted by atomic mass is 16.3. The molecule has 1 unspecified atom stereocenters. The molecule has 0 aromatic heterocycles. The summed E-state index contributed by atoms with van der Waals surface area (Å²) in [4.78, 5) is 0. The van der Waals surface area contributed by atoms with Crippen molar-refractivity contribution in [2.75, 3.05) is 19.7 Å². The number of hydrogen-bond donors (Lipinski definition) is 3. The van der Waals surface area contributed by atoms with E-state index in [0.29, 0.717) is 6.61 Å². The molecule has 1 fully saturated rings. The van der Waals surface area contributed by atoms with Gasteiger partial charge in [-0.1, -0.05) is 38.5 Å². The summed E-state index contributed by atoms with van der Waals surface area (Å²) in [5.74, 6) is 0.774. The molecular weight excluding hydrogens is 214 g/mol. The van der Waals surface area contributed by atoms with Crippen LogP contribution in [0.5, 0.6) is 0 Å². The molecule has 0 saturated heterocycles. The molecule has 102 valence electrons. The van der Waals surface area contributed by atoms with Gasteiger partial charge < -0.3 is 15.5 Å². The molecule has 3 nitrogen and oxygen atoms in total. The first kappa shape index (κ1) is 14.9. The van der Waals surface area contributed by atoms with E-state index in [0.717, 1.165) is 44.7 Å².